The van der Waals surface area contributed by atoms with E-state index in [1.54, 1.807) is 24.5 Å². The molecule has 3 heterocycles. The minimum absolute atomic E-state index is 0.0327. The van der Waals surface area contributed by atoms with E-state index in [0.29, 0.717) is 19.4 Å². The van der Waals surface area contributed by atoms with Crippen LogP contribution in [0.15, 0.2) is 43.1 Å². The lowest BCUT2D eigenvalue weighted by molar-refractivity contribution is -0.145. The molecule has 5 amide bonds. The summed E-state index contributed by atoms with van der Waals surface area (Å²) in [5.41, 5.74) is 0.0461. The number of unbranched alkanes of at least 4 members (excludes halogenated alkanes) is 1. The Morgan fingerprint density at radius 3 is 2.28 bits per heavy atom. The lowest BCUT2D eigenvalue weighted by Gasteiger charge is -2.37. The highest BCUT2D eigenvalue weighted by molar-refractivity contribution is 6.38. The topological polar surface area (TPSA) is 192 Å². The van der Waals surface area contributed by atoms with Crippen molar-refractivity contribution in [1.29, 1.82) is 0 Å². The van der Waals surface area contributed by atoms with Crippen molar-refractivity contribution in [2.75, 3.05) is 6.54 Å². The Hall–Kier alpha value is -4.75. The van der Waals surface area contributed by atoms with E-state index in [1.807, 2.05) is 27.7 Å². The second kappa shape index (κ2) is 20.1. The lowest BCUT2D eigenvalue weighted by Crippen LogP contribution is -2.62. The van der Waals surface area contributed by atoms with Gasteiger partial charge in [0.1, 0.15) is 23.8 Å². The maximum absolute atomic E-state index is 14.7. The van der Waals surface area contributed by atoms with Gasteiger partial charge in [-0.3, -0.25) is 38.7 Å². The first-order valence-corrected chi connectivity index (χ1v) is 19.5. The average Bonchev–Trinajstić information content (AvgIpc) is 3.61. The largest absolute Gasteiger partial charge is 0.345 e. The van der Waals surface area contributed by atoms with Gasteiger partial charge in [0.2, 0.25) is 23.5 Å². The molecule has 2 aliphatic rings. The molecule has 0 aromatic carbocycles. The van der Waals surface area contributed by atoms with Crippen molar-refractivity contribution in [3.05, 3.63) is 54.4 Å². The van der Waals surface area contributed by atoms with Crippen molar-refractivity contribution < 1.29 is 28.8 Å². The maximum Gasteiger partial charge on any atom is 0.289 e. The molecule has 54 heavy (non-hydrogen) atoms. The third kappa shape index (κ3) is 11.6. The number of pyridine rings is 1. The number of aromatic nitrogens is 3. The molecule has 5 atom stereocenters. The molecule has 1 saturated carbocycles. The molecule has 0 spiro atoms. The van der Waals surface area contributed by atoms with Gasteiger partial charge in [0, 0.05) is 37.9 Å². The molecule has 14 heteroatoms. The molecule has 2 aromatic rings. The average molecular weight is 747 g/mol. The van der Waals surface area contributed by atoms with Gasteiger partial charge in [0.15, 0.2) is 0 Å². The van der Waals surface area contributed by atoms with Crippen LogP contribution in [0.1, 0.15) is 121 Å². The molecule has 4 N–H and O–H groups in total. The van der Waals surface area contributed by atoms with Crippen molar-refractivity contribution in [2.45, 2.75) is 136 Å². The molecular formula is C40H58N8O6. The Labute approximate surface area is 318 Å². The number of ketones is 1. The summed E-state index contributed by atoms with van der Waals surface area (Å²) in [6, 6.07) is -0.403. The van der Waals surface area contributed by atoms with Crippen molar-refractivity contribution >= 4 is 35.3 Å². The quantitative estimate of drug-likeness (QED) is 0.175. The van der Waals surface area contributed by atoms with E-state index >= 15 is 0 Å². The second-order valence-electron chi connectivity index (χ2n) is 15.8. The van der Waals surface area contributed by atoms with E-state index in [4.69, 9.17) is 0 Å². The molecule has 1 aliphatic heterocycles. The third-order valence-electron chi connectivity index (χ3n) is 10.4. The summed E-state index contributed by atoms with van der Waals surface area (Å²) in [4.78, 5) is 96.1. The predicted octanol–water partition coefficient (Wildman–Crippen LogP) is 3.66. The smallest absolute Gasteiger partial charge is 0.289 e. The fourth-order valence-electron chi connectivity index (χ4n) is 7.42. The van der Waals surface area contributed by atoms with E-state index in [1.165, 1.54) is 23.5 Å². The standard InChI is InChI=1S/C40H58N8O6/c1-6-8-14-26-21-31(36(51)45-29(13-7-2)33(49)38(53)44-23-27-15-12-18-41-22-27)48(25-26)39(54)34(40(3,4)5)47-37(52)32(28-16-10-9-11-17-28)46-35(50)30-24-42-19-20-43-30/h12,15,18-20,22,24,26,28-29,31-32,34H,6-11,13-14,16-17,21,23,25H2,1-5H3,(H,44,53)(H,45,51)(H,46,50)(H,47,52)/t26-,29-,31+,32-,34-/m1/s1. The molecule has 0 unspecified atom stereocenters. The predicted molar refractivity (Wildman–Crippen MR) is 202 cm³/mol. The van der Waals surface area contributed by atoms with Gasteiger partial charge in [-0.25, -0.2) is 4.98 Å². The van der Waals surface area contributed by atoms with Crippen molar-refractivity contribution in [3.63, 3.8) is 0 Å². The number of nitrogens with one attached hydrogen (secondary N) is 4. The SMILES string of the molecule is CCCC[C@@H]1C[C@@H](C(=O)N[C@H](CCC)C(=O)C(=O)NCc2cccnc2)N(C(=O)[C@@H](NC(=O)[C@H](NC(=O)c2cnccn2)C2CCCCC2)C(C)(C)C)C1. The zero-order valence-corrected chi connectivity index (χ0v) is 32.4. The van der Waals surface area contributed by atoms with E-state index in [9.17, 15) is 28.8 Å². The summed E-state index contributed by atoms with van der Waals surface area (Å²) >= 11 is 0. The van der Waals surface area contributed by atoms with Gasteiger partial charge < -0.3 is 26.2 Å². The van der Waals surface area contributed by atoms with Crippen LogP contribution < -0.4 is 21.3 Å². The van der Waals surface area contributed by atoms with Crippen molar-refractivity contribution in [1.82, 2.24) is 41.1 Å². The first-order chi connectivity index (χ1) is 25.8. The van der Waals surface area contributed by atoms with Crippen LogP contribution in [-0.4, -0.2) is 85.9 Å². The van der Waals surface area contributed by atoms with Gasteiger partial charge in [-0.15, -0.1) is 0 Å². The van der Waals surface area contributed by atoms with Gasteiger partial charge in [-0.1, -0.05) is 79.2 Å². The number of amides is 5. The summed E-state index contributed by atoms with van der Waals surface area (Å²) < 4.78 is 0. The molecule has 294 valence electrons. The zero-order chi connectivity index (χ0) is 39.3. The van der Waals surface area contributed by atoms with Gasteiger partial charge in [-0.2, -0.15) is 0 Å². The van der Waals surface area contributed by atoms with Crippen LogP contribution in [0.3, 0.4) is 0 Å². The number of rotatable bonds is 17. The van der Waals surface area contributed by atoms with Crippen LogP contribution in [0.2, 0.25) is 0 Å². The fourth-order valence-corrected chi connectivity index (χ4v) is 7.42. The number of hydrogen-bond acceptors (Lipinski definition) is 9. The minimum Gasteiger partial charge on any atom is -0.345 e. The minimum atomic E-state index is -1.07. The molecular weight excluding hydrogens is 688 g/mol. The summed E-state index contributed by atoms with van der Waals surface area (Å²) in [6.07, 6.45) is 15.7. The molecule has 2 aromatic heterocycles. The van der Waals surface area contributed by atoms with E-state index in [-0.39, 0.29) is 30.5 Å². The highest BCUT2D eigenvalue weighted by Crippen LogP contribution is 2.32. The number of carbonyl (C=O) groups excluding carboxylic acids is 6. The third-order valence-corrected chi connectivity index (χ3v) is 10.4. The van der Waals surface area contributed by atoms with Crippen LogP contribution >= 0.6 is 0 Å². The Kier molecular flexibility index (Phi) is 15.6. The summed E-state index contributed by atoms with van der Waals surface area (Å²) in [5.74, 6) is -3.59. The molecule has 14 nitrogen and oxygen atoms in total. The fraction of sp³-hybridized carbons (Fsp3) is 0.625. The van der Waals surface area contributed by atoms with Gasteiger partial charge in [-0.05, 0) is 61.0 Å². The summed E-state index contributed by atoms with van der Waals surface area (Å²) in [7, 11) is 0. The molecule has 1 saturated heterocycles. The molecule has 2 fully saturated rings. The van der Waals surface area contributed by atoms with Gasteiger partial charge in [0.25, 0.3) is 11.8 Å². The zero-order valence-electron chi connectivity index (χ0n) is 32.4. The molecule has 0 bridgehead atoms. The molecule has 4 rings (SSSR count). The highest BCUT2D eigenvalue weighted by Gasteiger charge is 2.46. The number of hydrogen-bond donors (Lipinski definition) is 4. The van der Waals surface area contributed by atoms with Gasteiger partial charge >= 0.3 is 0 Å². The lowest BCUT2D eigenvalue weighted by atomic mass is 9.82. The number of carbonyl (C=O) groups is 6. The van der Waals surface area contributed by atoms with E-state index < -0.39 is 64.9 Å². The Morgan fingerprint density at radius 2 is 1.65 bits per heavy atom. The maximum atomic E-state index is 14.7. The van der Waals surface area contributed by atoms with Crippen LogP contribution in [0.5, 0.6) is 0 Å². The summed E-state index contributed by atoms with van der Waals surface area (Å²) in [6.45, 7) is 9.92. The number of Topliss-reactive ketones (excluding diaryl/α,β-unsaturated/α-hetero) is 1. The number of nitrogens with zero attached hydrogens (tertiary/aromatic N) is 4. The number of likely N-dealkylation sites (tertiary alicyclic amines) is 1. The van der Waals surface area contributed by atoms with Crippen molar-refractivity contribution in [2.24, 2.45) is 17.3 Å². The van der Waals surface area contributed by atoms with Gasteiger partial charge in [0.05, 0.1) is 12.2 Å². The Balaban J connectivity index is 1.54. The normalized spacial score (nSPS) is 19.2. The first kappa shape index (κ1) is 42.0. The second-order valence-corrected chi connectivity index (χ2v) is 15.8. The van der Waals surface area contributed by atoms with Crippen molar-refractivity contribution in [3.8, 4) is 0 Å². The van der Waals surface area contributed by atoms with Crippen LogP contribution in [0, 0.1) is 17.3 Å². The highest BCUT2D eigenvalue weighted by atomic mass is 16.2. The summed E-state index contributed by atoms with van der Waals surface area (Å²) in [5, 5.41) is 11.3. The van der Waals surface area contributed by atoms with Crippen LogP contribution in [-0.2, 0) is 30.5 Å². The molecule has 0 radical (unpaired) electrons. The monoisotopic (exact) mass is 746 g/mol. The first-order valence-electron chi connectivity index (χ1n) is 19.5. The Morgan fingerprint density at radius 1 is 0.907 bits per heavy atom. The van der Waals surface area contributed by atoms with Crippen LogP contribution in [0.25, 0.3) is 0 Å². The molecule has 1 aliphatic carbocycles. The van der Waals surface area contributed by atoms with E-state index in [0.717, 1.165) is 56.9 Å². The van der Waals surface area contributed by atoms with E-state index in [2.05, 4.69) is 43.1 Å². The Bertz CT molecular complexity index is 1580. The van der Waals surface area contributed by atoms with Crippen LogP contribution in [0.4, 0.5) is 0 Å².